The Morgan fingerprint density at radius 1 is 1.10 bits per heavy atom. The molecule has 0 bridgehead atoms. The fraction of sp³-hybridized carbons (Fsp3) is 0.294. The van der Waals surface area contributed by atoms with Crippen molar-refractivity contribution in [1.82, 2.24) is 0 Å². The lowest BCUT2D eigenvalue weighted by molar-refractivity contribution is 0.410. The summed E-state index contributed by atoms with van der Waals surface area (Å²) < 4.78 is 14.1. The summed E-state index contributed by atoms with van der Waals surface area (Å²) in [4.78, 5) is 0. The van der Waals surface area contributed by atoms with Crippen molar-refractivity contribution in [3.8, 4) is 0 Å². The van der Waals surface area contributed by atoms with Crippen LogP contribution in [0, 0.1) is 5.82 Å². The van der Waals surface area contributed by atoms with Crippen molar-refractivity contribution in [3.63, 3.8) is 0 Å². The first kappa shape index (κ1) is 15.0. The number of halogens is 2. The molecule has 0 fully saturated rings. The molecule has 106 valence electrons. The number of nitrogens with two attached hydrogens (primary N) is 1. The van der Waals surface area contributed by atoms with Gasteiger partial charge in [0.1, 0.15) is 5.82 Å². The van der Waals surface area contributed by atoms with Crippen molar-refractivity contribution in [1.29, 1.82) is 0 Å². The molecule has 20 heavy (non-hydrogen) atoms. The Hall–Kier alpha value is -1.38. The van der Waals surface area contributed by atoms with Gasteiger partial charge in [-0.2, -0.15) is 0 Å². The molecule has 1 unspecified atom stereocenters. The molecule has 0 heterocycles. The number of rotatable bonds is 5. The molecule has 3 heteroatoms. The zero-order chi connectivity index (χ0) is 14.6. The smallest absolute Gasteiger partial charge is 0.145 e. The molecule has 0 saturated carbocycles. The van der Waals surface area contributed by atoms with Crippen molar-refractivity contribution < 1.29 is 4.39 Å². The van der Waals surface area contributed by atoms with E-state index in [1.54, 1.807) is 18.2 Å². The molecule has 2 aromatic carbocycles. The minimum atomic E-state index is -0.337. The lowest BCUT2D eigenvalue weighted by Gasteiger charge is -2.32. The second-order valence-corrected chi connectivity index (χ2v) is 5.50. The third-order valence-corrected chi connectivity index (χ3v) is 4.31. The van der Waals surface area contributed by atoms with Crippen molar-refractivity contribution in [2.24, 2.45) is 5.73 Å². The van der Waals surface area contributed by atoms with Gasteiger partial charge in [-0.15, -0.1) is 0 Å². The van der Waals surface area contributed by atoms with Crippen LogP contribution in [0.4, 0.5) is 4.39 Å². The molecule has 0 saturated heterocycles. The van der Waals surface area contributed by atoms with Crippen LogP contribution in [0.1, 0.15) is 24.5 Å². The highest BCUT2D eigenvalue weighted by Gasteiger charge is 2.30. The van der Waals surface area contributed by atoms with E-state index in [-0.39, 0.29) is 16.3 Å². The minimum Gasteiger partial charge on any atom is -0.330 e. The first-order valence-corrected chi connectivity index (χ1v) is 7.19. The van der Waals surface area contributed by atoms with Gasteiger partial charge < -0.3 is 5.73 Å². The fourth-order valence-corrected chi connectivity index (χ4v) is 2.80. The van der Waals surface area contributed by atoms with Crippen LogP contribution in [0.2, 0.25) is 5.02 Å². The van der Waals surface area contributed by atoms with E-state index in [4.69, 9.17) is 17.3 Å². The molecule has 0 aliphatic carbocycles. The van der Waals surface area contributed by atoms with E-state index in [2.05, 4.69) is 19.1 Å². The second kappa shape index (κ2) is 6.38. The number of benzene rings is 2. The van der Waals surface area contributed by atoms with Gasteiger partial charge in [-0.05, 0) is 30.0 Å². The predicted molar refractivity (Wildman–Crippen MR) is 82.6 cm³/mol. The van der Waals surface area contributed by atoms with Crippen molar-refractivity contribution in [2.75, 3.05) is 6.54 Å². The van der Waals surface area contributed by atoms with E-state index in [0.717, 1.165) is 12.0 Å². The van der Waals surface area contributed by atoms with E-state index in [1.807, 2.05) is 18.2 Å². The van der Waals surface area contributed by atoms with Gasteiger partial charge in [-0.1, -0.05) is 61.0 Å². The summed E-state index contributed by atoms with van der Waals surface area (Å²) in [6.45, 7) is 2.56. The third-order valence-electron chi connectivity index (χ3n) is 4.01. The topological polar surface area (TPSA) is 26.0 Å². The maximum atomic E-state index is 14.1. The van der Waals surface area contributed by atoms with Crippen LogP contribution in [-0.4, -0.2) is 6.54 Å². The molecular formula is C17H19ClFN. The summed E-state index contributed by atoms with van der Waals surface area (Å²) in [7, 11) is 0. The summed E-state index contributed by atoms with van der Waals surface area (Å²) in [5.74, 6) is -0.337. The van der Waals surface area contributed by atoms with Gasteiger partial charge in [-0.25, -0.2) is 4.39 Å². The van der Waals surface area contributed by atoms with Crippen LogP contribution < -0.4 is 5.73 Å². The highest BCUT2D eigenvalue weighted by Crippen LogP contribution is 2.33. The largest absolute Gasteiger partial charge is 0.330 e. The maximum absolute atomic E-state index is 14.1. The Bertz CT molecular complexity index is 564. The molecule has 1 nitrogen and oxygen atoms in total. The zero-order valence-electron chi connectivity index (χ0n) is 11.6. The van der Waals surface area contributed by atoms with Gasteiger partial charge in [0.2, 0.25) is 0 Å². The van der Waals surface area contributed by atoms with Crippen LogP contribution in [0.3, 0.4) is 0 Å². The third kappa shape index (κ3) is 2.87. The summed E-state index contributed by atoms with van der Waals surface area (Å²) in [5.41, 5.74) is 7.54. The number of hydrogen-bond donors (Lipinski definition) is 1. The van der Waals surface area contributed by atoms with Gasteiger partial charge in [0.25, 0.3) is 0 Å². The Balaban J connectivity index is 2.42. The maximum Gasteiger partial charge on any atom is 0.145 e. The van der Waals surface area contributed by atoms with E-state index in [0.29, 0.717) is 18.5 Å². The monoisotopic (exact) mass is 291 g/mol. The van der Waals surface area contributed by atoms with Crippen molar-refractivity contribution in [2.45, 2.75) is 25.2 Å². The highest BCUT2D eigenvalue weighted by molar-refractivity contribution is 6.30. The molecule has 2 N–H and O–H groups in total. The lowest BCUT2D eigenvalue weighted by atomic mass is 9.73. The quantitative estimate of drug-likeness (QED) is 0.872. The summed E-state index contributed by atoms with van der Waals surface area (Å²) in [6.07, 6.45) is 1.40. The molecule has 2 aromatic rings. The molecule has 2 rings (SSSR count). The van der Waals surface area contributed by atoms with Crippen LogP contribution in [-0.2, 0) is 11.8 Å². The van der Waals surface area contributed by atoms with Crippen molar-refractivity contribution in [3.05, 3.63) is 70.5 Å². The minimum absolute atomic E-state index is 0.164. The van der Waals surface area contributed by atoms with Crippen LogP contribution in [0.15, 0.2) is 48.5 Å². The Labute approximate surface area is 124 Å². The summed E-state index contributed by atoms with van der Waals surface area (Å²) in [5, 5.41) is 0.164. The highest BCUT2D eigenvalue weighted by atomic mass is 35.5. The van der Waals surface area contributed by atoms with Gasteiger partial charge >= 0.3 is 0 Å². The van der Waals surface area contributed by atoms with E-state index < -0.39 is 0 Å². The van der Waals surface area contributed by atoms with E-state index >= 15 is 0 Å². The molecule has 0 aromatic heterocycles. The van der Waals surface area contributed by atoms with E-state index in [9.17, 15) is 4.39 Å². The van der Waals surface area contributed by atoms with Gasteiger partial charge in [0.05, 0.1) is 5.02 Å². The molecule has 0 amide bonds. The molecule has 1 atom stereocenters. The first-order valence-electron chi connectivity index (χ1n) is 6.81. The average Bonchev–Trinajstić information content (AvgIpc) is 2.50. The summed E-state index contributed by atoms with van der Waals surface area (Å²) >= 11 is 5.87. The van der Waals surface area contributed by atoms with Crippen LogP contribution in [0.5, 0.6) is 0 Å². The average molecular weight is 292 g/mol. The molecule has 0 aliphatic rings. The normalized spacial score (nSPS) is 14.0. The standard InChI is InChI=1S/C17H19ClFN/c1-2-17(12-20,14-8-4-3-5-9-14)11-13-7-6-10-15(18)16(13)19/h3-10H,2,11-12,20H2,1H3. The first-order chi connectivity index (χ1) is 9.63. The van der Waals surface area contributed by atoms with Gasteiger partial charge in [0, 0.05) is 12.0 Å². The fourth-order valence-electron chi connectivity index (χ4n) is 2.61. The Kier molecular flexibility index (Phi) is 4.79. The number of hydrogen-bond acceptors (Lipinski definition) is 1. The predicted octanol–water partition coefficient (Wildman–Crippen LogP) is 4.33. The zero-order valence-corrected chi connectivity index (χ0v) is 12.3. The summed E-state index contributed by atoms with van der Waals surface area (Å²) in [6, 6.07) is 15.2. The van der Waals surface area contributed by atoms with Crippen molar-refractivity contribution >= 4 is 11.6 Å². The Morgan fingerprint density at radius 3 is 2.40 bits per heavy atom. The molecule has 0 aliphatic heterocycles. The van der Waals surface area contributed by atoms with Gasteiger partial charge in [-0.3, -0.25) is 0 Å². The second-order valence-electron chi connectivity index (χ2n) is 5.09. The van der Waals surface area contributed by atoms with Gasteiger partial charge in [0.15, 0.2) is 0 Å². The Morgan fingerprint density at radius 2 is 1.80 bits per heavy atom. The van der Waals surface area contributed by atoms with Crippen LogP contribution in [0.25, 0.3) is 0 Å². The molecular weight excluding hydrogens is 273 g/mol. The SMILES string of the molecule is CCC(CN)(Cc1cccc(Cl)c1F)c1ccccc1. The molecule has 0 radical (unpaired) electrons. The lowest BCUT2D eigenvalue weighted by Crippen LogP contribution is -2.37. The van der Waals surface area contributed by atoms with Crippen LogP contribution >= 0.6 is 11.6 Å². The molecule has 0 spiro atoms. The van der Waals surface area contributed by atoms with E-state index in [1.165, 1.54) is 0 Å².